The maximum Gasteiger partial charge on any atom is 0.236 e. The maximum absolute atomic E-state index is 11.3. The van der Waals surface area contributed by atoms with Crippen molar-refractivity contribution in [2.24, 2.45) is 11.7 Å². The van der Waals surface area contributed by atoms with E-state index < -0.39 is 0 Å². The average molecular weight is 272 g/mol. The van der Waals surface area contributed by atoms with Gasteiger partial charge in [0.2, 0.25) is 5.91 Å². The molecule has 2 rings (SSSR count). The van der Waals surface area contributed by atoms with E-state index >= 15 is 0 Å². The zero-order valence-electron chi connectivity index (χ0n) is 11.8. The minimum atomic E-state index is -0.348. The van der Waals surface area contributed by atoms with Crippen LogP contribution in [0.3, 0.4) is 0 Å². The monoisotopic (exact) mass is 272 g/mol. The highest BCUT2D eigenvalue weighted by atomic mass is 16.1. The highest BCUT2D eigenvalue weighted by Gasteiger charge is 2.15. The molecule has 1 aromatic heterocycles. The number of carbonyl (C=O) groups excluding carboxylic acids is 1. The number of primary amides is 1. The Morgan fingerprint density at radius 1 is 1.35 bits per heavy atom. The fourth-order valence-electron chi connectivity index (χ4n) is 2.34. The molecule has 0 aliphatic heterocycles. The Morgan fingerprint density at radius 3 is 2.75 bits per heavy atom. The van der Waals surface area contributed by atoms with Crippen LogP contribution >= 0.6 is 0 Å². The number of amides is 1. The van der Waals surface area contributed by atoms with Crippen molar-refractivity contribution in [3.63, 3.8) is 0 Å². The molecule has 0 saturated carbocycles. The van der Waals surface area contributed by atoms with Gasteiger partial charge in [-0.05, 0) is 18.1 Å². The molecule has 0 saturated heterocycles. The second-order valence-corrected chi connectivity index (χ2v) is 5.31. The first-order valence-electron chi connectivity index (χ1n) is 6.65. The minimum absolute atomic E-state index is 0.187. The summed E-state index contributed by atoms with van der Waals surface area (Å²) >= 11 is 0. The van der Waals surface area contributed by atoms with Crippen LogP contribution in [0.2, 0.25) is 0 Å². The van der Waals surface area contributed by atoms with Gasteiger partial charge in [0.05, 0.1) is 17.7 Å². The van der Waals surface area contributed by atoms with E-state index in [0.717, 1.165) is 23.1 Å². The van der Waals surface area contributed by atoms with Crippen molar-refractivity contribution >= 4 is 28.2 Å². The second kappa shape index (κ2) is 5.77. The number of carbonyl (C=O) groups is 1. The Morgan fingerprint density at radius 2 is 2.10 bits per heavy atom. The molecule has 0 spiro atoms. The summed E-state index contributed by atoms with van der Waals surface area (Å²) in [6, 6.07) is 7.57. The van der Waals surface area contributed by atoms with Crippen LogP contribution < -0.4 is 16.4 Å². The van der Waals surface area contributed by atoms with Crippen LogP contribution in [0, 0.1) is 5.92 Å². The molecule has 1 heterocycles. The zero-order chi connectivity index (χ0) is 14.7. The predicted molar refractivity (Wildman–Crippen MR) is 82.4 cm³/mol. The maximum atomic E-state index is 11.3. The summed E-state index contributed by atoms with van der Waals surface area (Å²) in [6.45, 7) is 5.14. The highest BCUT2D eigenvalue weighted by molar-refractivity contribution is 5.98. The van der Waals surface area contributed by atoms with E-state index in [-0.39, 0.29) is 12.5 Å². The number of aromatic nitrogens is 1. The third-order valence-corrected chi connectivity index (χ3v) is 3.05. The molecule has 0 fully saturated rings. The van der Waals surface area contributed by atoms with E-state index in [1.165, 1.54) is 0 Å². The molecule has 2 aromatic rings. The number of fused-ring (bicyclic) bond motifs is 1. The van der Waals surface area contributed by atoms with Crippen molar-refractivity contribution in [3.8, 4) is 0 Å². The van der Waals surface area contributed by atoms with E-state index in [1.54, 1.807) is 6.20 Å². The Hall–Kier alpha value is -2.30. The summed E-state index contributed by atoms with van der Waals surface area (Å²) in [4.78, 5) is 17.6. The molecule has 0 atom stereocenters. The lowest BCUT2D eigenvalue weighted by Gasteiger charge is -2.26. The van der Waals surface area contributed by atoms with Gasteiger partial charge in [-0.15, -0.1) is 0 Å². The fraction of sp³-hybridized carbons (Fsp3) is 0.333. The number of para-hydroxylation sites is 1. The molecule has 0 bridgehead atoms. The molecule has 5 heteroatoms. The lowest BCUT2D eigenvalue weighted by molar-refractivity contribution is -0.116. The first-order chi connectivity index (χ1) is 9.49. The number of nitrogen functional groups attached to an aromatic ring is 1. The molecule has 0 radical (unpaired) electrons. The van der Waals surface area contributed by atoms with Crippen LogP contribution in [0.1, 0.15) is 13.8 Å². The summed E-state index contributed by atoms with van der Waals surface area (Å²) in [7, 11) is 0. The van der Waals surface area contributed by atoms with Gasteiger partial charge in [0.1, 0.15) is 0 Å². The SMILES string of the molecule is CC(C)CN(CC(N)=O)c1ccnc2c(N)cccc12. The number of hydrogen-bond donors (Lipinski definition) is 2. The number of anilines is 2. The van der Waals surface area contributed by atoms with E-state index in [2.05, 4.69) is 18.8 Å². The standard InChI is InChI=1S/C15H20N4O/c1-10(2)8-19(9-14(17)20)13-6-7-18-15-11(13)4-3-5-12(15)16/h3-7,10H,8-9,16H2,1-2H3,(H2,17,20). The number of hydrogen-bond acceptors (Lipinski definition) is 4. The van der Waals surface area contributed by atoms with Crippen LogP contribution in [-0.4, -0.2) is 24.0 Å². The molecule has 1 aromatic carbocycles. The van der Waals surface area contributed by atoms with Gasteiger partial charge in [-0.1, -0.05) is 26.0 Å². The fourth-order valence-corrected chi connectivity index (χ4v) is 2.34. The molecule has 0 aliphatic carbocycles. The van der Waals surface area contributed by atoms with Crippen molar-refractivity contribution in [3.05, 3.63) is 30.5 Å². The first-order valence-corrected chi connectivity index (χ1v) is 6.65. The third-order valence-electron chi connectivity index (χ3n) is 3.05. The normalized spacial score (nSPS) is 10.9. The Kier molecular flexibility index (Phi) is 4.08. The number of nitrogens with two attached hydrogens (primary N) is 2. The van der Waals surface area contributed by atoms with Gasteiger partial charge in [0.15, 0.2) is 0 Å². The molecule has 1 amide bonds. The van der Waals surface area contributed by atoms with Gasteiger partial charge in [-0.2, -0.15) is 0 Å². The van der Waals surface area contributed by atoms with Crippen LogP contribution in [0.15, 0.2) is 30.5 Å². The van der Waals surface area contributed by atoms with Gasteiger partial charge in [0, 0.05) is 23.8 Å². The number of benzene rings is 1. The quantitative estimate of drug-likeness (QED) is 0.812. The van der Waals surface area contributed by atoms with Gasteiger partial charge in [0.25, 0.3) is 0 Å². The van der Waals surface area contributed by atoms with E-state index in [4.69, 9.17) is 11.5 Å². The van der Waals surface area contributed by atoms with Crippen LogP contribution in [0.5, 0.6) is 0 Å². The van der Waals surface area contributed by atoms with Crippen LogP contribution in [-0.2, 0) is 4.79 Å². The number of nitrogens with zero attached hydrogens (tertiary/aromatic N) is 2. The van der Waals surface area contributed by atoms with Crippen molar-refractivity contribution in [2.45, 2.75) is 13.8 Å². The lowest BCUT2D eigenvalue weighted by atomic mass is 10.1. The number of pyridine rings is 1. The first kappa shape index (κ1) is 14.1. The summed E-state index contributed by atoms with van der Waals surface area (Å²) in [6.07, 6.45) is 1.71. The Bertz CT molecular complexity index is 624. The Balaban J connectivity index is 2.52. The van der Waals surface area contributed by atoms with Gasteiger partial charge in [-0.25, -0.2) is 0 Å². The minimum Gasteiger partial charge on any atom is -0.397 e. The van der Waals surface area contributed by atoms with Gasteiger partial charge >= 0.3 is 0 Å². The largest absolute Gasteiger partial charge is 0.397 e. The van der Waals surface area contributed by atoms with Crippen molar-refractivity contribution in [1.82, 2.24) is 4.98 Å². The molecular formula is C15H20N4O. The zero-order valence-corrected chi connectivity index (χ0v) is 11.8. The molecule has 0 aliphatic rings. The number of rotatable bonds is 5. The van der Waals surface area contributed by atoms with Gasteiger partial charge in [-0.3, -0.25) is 9.78 Å². The Labute approximate surface area is 118 Å². The van der Waals surface area contributed by atoms with Gasteiger partial charge < -0.3 is 16.4 Å². The summed E-state index contributed by atoms with van der Waals surface area (Å²) in [5.74, 6) is 0.0677. The lowest BCUT2D eigenvalue weighted by Crippen LogP contribution is -2.36. The van der Waals surface area contributed by atoms with Crippen molar-refractivity contribution < 1.29 is 4.79 Å². The average Bonchev–Trinajstić information content (AvgIpc) is 2.37. The highest BCUT2D eigenvalue weighted by Crippen LogP contribution is 2.28. The topological polar surface area (TPSA) is 85.2 Å². The summed E-state index contributed by atoms with van der Waals surface area (Å²) in [5, 5.41) is 0.939. The van der Waals surface area contributed by atoms with Crippen molar-refractivity contribution in [1.29, 1.82) is 0 Å². The summed E-state index contributed by atoms with van der Waals surface area (Å²) in [5.41, 5.74) is 13.6. The molecule has 5 nitrogen and oxygen atoms in total. The molecule has 20 heavy (non-hydrogen) atoms. The summed E-state index contributed by atoms with van der Waals surface area (Å²) < 4.78 is 0. The molecule has 4 N–H and O–H groups in total. The second-order valence-electron chi connectivity index (χ2n) is 5.31. The smallest absolute Gasteiger partial charge is 0.236 e. The van der Waals surface area contributed by atoms with E-state index in [1.807, 2.05) is 29.2 Å². The molecule has 0 unspecified atom stereocenters. The molecular weight excluding hydrogens is 252 g/mol. The van der Waals surface area contributed by atoms with Crippen LogP contribution in [0.25, 0.3) is 10.9 Å². The van der Waals surface area contributed by atoms with Crippen molar-refractivity contribution in [2.75, 3.05) is 23.7 Å². The third kappa shape index (κ3) is 2.99. The van der Waals surface area contributed by atoms with E-state index in [9.17, 15) is 4.79 Å². The van der Waals surface area contributed by atoms with E-state index in [0.29, 0.717) is 11.6 Å². The van der Waals surface area contributed by atoms with Crippen LogP contribution in [0.4, 0.5) is 11.4 Å². The molecule has 106 valence electrons. The predicted octanol–water partition coefficient (Wildman–Crippen LogP) is 1.76.